The molecule has 1 amide bonds. The Balaban J connectivity index is 1.86. The van der Waals surface area contributed by atoms with Crippen LogP contribution in [0.25, 0.3) is 5.65 Å². The molecule has 3 aromatic heterocycles. The van der Waals surface area contributed by atoms with Crippen LogP contribution in [0, 0.1) is 6.92 Å². The van der Waals surface area contributed by atoms with E-state index < -0.39 is 30.1 Å². The van der Waals surface area contributed by atoms with Crippen LogP contribution in [-0.2, 0) is 13.1 Å². The molecular weight excluding hydrogens is 368 g/mol. The fourth-order valence-corrected chi connectivity index (χ4v) is 2.64. The number of nitrogens with zero attached hydrogens (tertiary/aromatic N) is 5. The molecule has 0 fully saturated rings. The normalized spacial score (nSPS) is 11.7. The van der Waals surface area contributed by atoms with Gasteiger partial charge in [-0.25, -0.2) is 27.1 Å². The predicted molar refractivity (Wildman–Crippen MR) is 86.7 cm³/mol. The molecular formula is C16H16F4N6O. The van der Waals surface area contributed by atoms with Crippen LogP contribution in [0.3, 0.4) is 0 Å². The zero-order chi connectivity index (χ0) is 19.7. The van der Waals surface area contributed by atoms with Gasteiger partial charge < -0.3 is 5.32 Å². The third-order valence-electron chi connectivity index (χ3n) is 4.10. The molecule has 3 rings (SSSR count). The summed E-state index contributed by atoms with van der Waals surface area (Å²) in [5.41, 5.74) is -0.322. The molecule has 0 aliphatic carbocycles. The standard InChI is InChI=1S/C16H16F4N6O/c1-3-25-8(2)9(7-22-25)6-21-16(27)11-5-13-23-10(14(17)18)4-12(15(19)20)26(13)24-11/h4-5,7,14-15H,3,6H2,1-2H3,(H,21,27). The third-order valence-corrected chi connectivity index (χ3v) is 4.10. The lowest BCUT2D eigenvalue weighted by Crippen LogP contribution is -2.23. The number of alkyl halides is 4. The average Bonchev–Trinajstić information content (AvgIpc) is 3.21. The lowest BCUT2D eigenvalue weighted by Gasteiger charge is -2.06. The van der Waals surface area contributed by atoms with Gasteiger partial charge >= 0.3 is 0 Å². The van der Waals surface area contributed by atoms with E-state index in [1.54, 1.807) is 10.9 Å². The summed E-state index contributed by atoms with van der Waals surface area (Å²) in [4.78, 5) is 15.9. The van der Waals surface area contributed by atoms with Crippen molar-refractivity contribution in [2.75, 3.05) is 0 Å². The summed E-state index contributed by atoms with van der Waals surface area (Å²) in [6, 6.07) is 1.68. The molecule has 3 aromatic rings. The van der Waals surface area contributed by atoms with Gasteiger partial charge in [-0.3, -0.25) is 9.48 Å². The van der Waals surface area contributed by atoms with E-state index in [2.05, 4.69) is 20.5 Å². The van der Waals surface area contributed by atoms with Crippen molar-refractivity contribution in [3.05, 3.63) is 46.7 Å². The Bertz CT molecular complexity index is 981. The molecule has 0 saturated carbocycles. The summed E-state index contributed by atoms with van der Waals surface area (Å²) >= 11 is 0. The average molecular weight is 384 g/mol. The van der Waals surface area contributed by atoms with Gasteiger partial charge in [0.05, 0.1) is 6.20 Å². The number of aromatic nitrogens is 5. The first-order valence-corrected chi connectivity index (χ1v) is 8.08. The molecule has 0 unspecified atom stereocenters. The minimum atomic E-state index is -3.05. The summed E-state index contributed by atoms with van der Waals surface area (Å²) in [6.07, 6.45) is -4.45. The van der Waals surface area contributed by atoms with Gasteiger partial charge in [0, 0.05) is 30.4 Å². The summed E-state index contributed by atoms with van der Waals surface area (Å²) in [5, 5.41) is 10.6. The summed E-state index contributed by atoms with van der Waals surface area (Å²) in [5.74, 6) is -0.636. The lowest BCUT2D eigenvalue weighted by molar-refractivity contribution is 0.0944. The highest BCUT2D eigenvalue weighted by Crippen LogP contribution is 2.25. The molecule has 11 heteroatoms. The van der Waals surface area contributed by atoms with Gasteiger partial charge in [0.1, 0.15) is 11.4 Å². The van der Waals surface area contributed by atoms with Crippen molar-refractivity contribution in [1.29, 1.82) is 0 Å². The van der Waals surface area contributed by atoms with Crippen molar-refractivity contribution in [2.45, 2.75) is 39.8 Å². The number of hydrogen-bond acceptors (Lipinski definition) is 4. The summed E-state index contributed by atoms with van der Waals surface area (Å²) in [7, 11) is 0. The third kappa shape index (κ3) is 3.62. The van der Waals surface area contributed by atoms with E-state index in [-0.39, 0.29) is 17.9 Å². The van der Waals surface area contributed by atoms with Crippen molar-refractivity contribution in [1.82, 2.24) is 29.7 Å². The van der Waals surface area contributed by atoms with E-state index in [1.807, 2.05) is 13.8 Å². The number of halogens is 4. The monoisotopic (exact) mass is 384 g/mol. The second-order valence-electron chi connectivity index (χ2n) is 5.76. The molecule has 0 spiro atoms. The van der Waals surface area contributed by atoms with Gasteiger partial charge in [-0.1, -0.05) is 0 Å². The van der Waals surface area contributed by atoms with Crippen molar-refractivity contribution in [2.24, 2.45) is 0 Å². The molecule has 0 atom stereocenters. The van der Waals surface area contributed by atoms with E-state index in [0.29, 0.717) is 17.1 Å². The van der Waals surface area contributed by atoms with E-state index in [1.165, 1.54) is 0 Å². The number of amides is 1. The Kier molecular flexibility index (Phi) is 5.10. The first-order chi connectivity index (χ1) is 12.8. The van der Waals surface area contributed by atoms with Gasteiger partial charge in [-0.15, -0.1) is 0 Å². The van der Waals surface area contributed by atoms with Crippen molar-refractivity contribution in [3.8, 4) is 0 Å². The van der Waals surface area contributed by atoms with E-state index in [0.717, 1.165) is 17.3 Å². The topological polar surface area (TPSA) is 77.1 Å². The van der Waals surface area contributed by atoms with Crippen molar-refractivity contribution in [3.63, 3.8) is 0 Å². The maximum atomic E-state index is 13.2. The maximum absolute atomic E-state index is 13.2. The molecule has 7 nitrogen and oxygen atoms in total. The Labute approximate surface area is 151 Å². The van der Waals surface area contributed by atoms with E-state index >= 15 is 0 Å². The number of rotatable bonds is 6. The SMILES string of the molecule is CCn1ncc(CNC(=O)c2cc3nc(C(F)F)cc(C(F)F)n3n2)c1C. The molecule has 0 radical (unpaired) electrons. The second-order valence-corrected chi connectivity index (χ2v) is 5.76. The zero-order valence-corrected chi connectivity index (χ0v) is 14.5. The van der Waals surface area contributed by atoms with E-state index in [9.17, 15) is 22.4 Å². The quantitative estimate of drug-likeness (QED) is 0.663. The first kappa shape index (κ1) is 18.8. The maximum Gasteiger partial charge on any atom is 0.280 e. The zero-order valence-electron chi connectivity index (χ0n) is 14.5. The van der Waals surface area contributed by atoms with Gasteiger partial charge in [0.2, 0.25) is 0 Å². The number of carbonyl (C=O) groups excluding carboxylic acids is 1. The molecule has 27 heavy (non-hydrogen) atoms. The molecule has 0 aliphatic rings. The molecule has 0 saturated heterocycles. The van der Waals surface area contributed by atoms with Crippen LogP contribution in [0.2, 0.25) is 0 Å². The Morgan fingerprint density at radius 2 is 1.96 bits per heavy atom. The van der Waals surface area contributed by atoms with Gasteiger partial charge in [-0.05, 0) is 19.9 Å². The fourth-order valence-electron chi connectivity index (χ4n) is 2.64. The second kappa shape index (κ2) is 7.33. The highest BCUT2D eigenvalue weighted by Gasteiger charge is 2.22. The molecule has 144 valence electrons. The van der Waals surface area contributed by atoms with Crippen LogP contribution in [0.4, 0.5) is 17.6 Å². The van der Waals surface area contributed by atoms with Gasteiger partial charge in [0.25, 0.3) is 18.8 Å². The number of fused-ring (bicyclic) bond motifs is 1. The fraction of sp³-hybridized carbons (Fsp3) is 0.375. The largest absolute Gasteiger partial charge is 0.346 e. The highest BCUT2D eigenvalue weighted by atomic mass is 19.3. The molecule has 0 aromatic carbocycles. The van der Waals surface area contributed by atoms with E-state index in [4.69, 9.17) is 0 Å². The number of nitrogens with one attached hydrogen (secondary N) is 1. The summed E-state index contributed by atoms with van der Waals surface area (Å²) < 4.78 is 54.5. The molecule has 0 aliphatic heterocycles. The van der Waals surface area contributed by atoms with Crippen LogP contribution >= 0.6 is 0 Å². The molecule has 3 heterocycles. The van der Waals surface area contributed by atoms with Gasteiger partial charge in [-0.2, -0.15) is 10.2 Å². The van der Waals surface area contributed by atoms with Crippen LogP contribution in [0.1, 0.15) is 52.9 Å². The minimum Gasteiger partial charge on any atom is -0.346 e. The predicted octanol–water partition coefficient (Wildman–Crippen LogP) is 3.06. The van der Waals surface area contributed by atoms with Crippen LogP contribution in [-0.4, -0.2) is 30.3 Å². The van der Waals surface area contributed by atoms with Crippen molar-refractivity contribution >= 4 is 11.6 Å². The Hall–Kier alpha value is -2.98. The van der Waals surface area contributed by atoms with Crippen LogP contribution in [0.15, 0.2) is 18.3 Å². The number of aryl methyl sites for hydroxylation is 1. The number of hydrogen-bond donors (Lipinski definition) is 1. The van der Waals surface area contributed by atoms with Crippen LogP contribution < -0.4 is 5.32 Å². The Morgan fingerprint density at radius 1 is 1.22 bits per heavy atom. The molecule has 1 N–H and O–H groups in total. The van der Waals surface area contributed by atoms with Crippen LogP contribution in [0.5, 0.6) is 0 Å². The lowest BCUT2D eigenvalue weighted by atomic mass is 10.2. The van der Waals surface area contributed by atoms with Crippen molar-refractivity contribution < 1.29 is 22.4 Å². The number of carbonyl (C=O) groups is 1. The first-order valence-electron chi connectivity index (χ1n) is 8.08. The summed E-state index contributed by atoms with van der Waals surface area (Å²) in [6.45, 7) is 4.63. The Morgan fingerprint density at radius 3 is 2.56 bits per heavy atom. The smallest absolute Gasteiger partial charge is 0.280 e. The minimum absolute atomic E-state index is 0.163. The highest BCUT2D eigenvalue weighted by molar-refractivity contribution is 5.93. The molecule has 0 bridgehead atoms. The van der Waals surface area contributed by atoms with Gasteiger partial charge in [0.15, 0.2) is 11.3 Å².